The summed E-state index contributed by atoms with van der Waals surface area (Å²) < 4.78 is 31.5. The van der Waals surface area contributed by atoms with Crippen LogP contribution in [-0.4, -0.2) is 26.5 Å². The SMILES string of the molecule is COC(=O)CC1c2ncccc2S(=O)(=O)N1c1ccccc1. The molecule has 2 heterocycles. The molecule has 0 radical (unpaired) electrons. The number of para-hydroxylation sites is 1. The number of hydrogen-bond acceptors (Lipinski definition) is 5. The van der Waals surface area contributed by atoms with Crippen LogP contribution in [0.15, 0.2) is 53.6 Å². The summed E-state index contributed by atoms with van der Waals surface area (Å²) in [7, 11) is -2.46. The lowest BCUT2D eigenvalue weighted by atomic mass is 10.1. The molecule has 1 aliphatic rings. The molecule has 1 aliphatic heterocycles. The summed E-state index contributed by atoms with van der Waals surface area (Å²) in [6, 6.07) is 11.0. The fourth-order valence-corrected chi connectivity index (χ4v) is 4.39. The van der Waals surface area contributed by atoms with Gasteiger partial charge in [0.25, 0.3) is 10.0 Å². The average Bonchev–Trinajstić information content (AvgIpc) is 2.76. The van der Waals surface area contributed by atoms with E-state index < -0.39 is 22.0 Å². The molecule has 1 aromatic carbocycles. The van der Waals surface area contributed by atoms with E-state index in [1.807, 2.05) is 0 Å². The Hall–Kier alpha value is -2.41. The molecule has 2 aromatic rings. The minimum absolute atomic E-state index is 0.0887. The molecule has 0 saturated heterocycles. The molecule has 1 aromatic heterocycles. The summed E-state index contributed by atoms with van der Waals surface area (Å²) in [6.07, 6.45) is 1.43. The van der Waals surface area contributed by atoms with Crippen LogP contribution in [0, 0.1) is 0 Å². The normalized spacial score (nSPS) is 18.8. The second-order valence-corrected chi connectivity index (χ2v) is 6.60. The number of ether oxygens (including phenoxy) is 1. The minimum Gasteiger partial charge on any atom is -0.469 e. The maximum Gasteiger partial charge on any atom is 0.308 e. The van der Waals surface area contributed by atoms with Gasteiger partial charge in [0.1, 0.15) is 4.90 Å². The summed E-state index contributed by atoms with van der Waals surface area (Å²) in [5, 5.41) is 0. The molecule has 6 nitrogen and oxygen atoms in total. The smallest absolute Gasteiger partial charge is 0.308 e. The summed E-state index contributed by atoms with van der Waals surface area (Å²) in [5.74, 6) is -0.486. The maximum absolute atomic E-state index is 12.8. The van der Waals surface area contributed by atoms with E-state index in [0.717, 1.165) is 0 Å². The van der Waals surface area contributed by atoms with Crippen LogP contribution in [0.2, 0.25) is 0 Å². The van der Waals surface area contributed by atoms with Gasteiger partial charge in [-0.25, -0.2) is 8.42 Å². The van der Waals surface area contributed by atoms with Gasteiger partial charge in [0, 0.05) is 6.20 Å². The first kappa shape index (κ1) is 14.5. The van der Waals surface area contributed by atoms with Gasteiger partial charge in [0.2, 0.25) is 0 Å². The van der Waals surface area contributed by atoms with E-state index in [-0.39, 0.29) is 11.3 Å². The van der Waals surface area contributed by atoms with Crippen molar-refractivity contribution in [2.75, 3.05) is 11.4 Å². The second-order valence-electron chi connectivity index (χ2n) is 4.82. The van der Waals surface area contributed by atoms with Crippen molar-refractivity contribution in [3.8, 4) is 0 Å². The molecule has 22 heavy (non-hydrogen) atoms. The number of fused-ring (bicyclic) bond motifs is 1. The Morgan fingerprint density at radius 1 is 1.23 bits per heavy atom. The summed E-state index contributed by atoms with van der Waals surface area (Å²) >= 11 is 0. The van der Waals surface area contributed by atoms with Gasteiger partial charge in [-0.05, 0) is 24.3 Å². The molecule has 0 aliphatic carbocycles. The first-order valence-corrected chi connectivity index (χ1v) is 8.11. The molecule has 0 spiro atoms. The van der Waals surface area contributed by atoms with Crippen LogP contribution in [-0.2, 0) is 19.6 Å². The zero-order valence-corrected chi connectivity index (χ0v) is 12.7. The van der Waals surface area contributed by atoms with Crippen molar-refractivity contribution in [3.05, 3.63) is 54.4 Å². The molecular weight excluding hydrogens is 304 g/mol. The number of nitrogens with zero attached hydrogens (tertiary/aromatic N) is 2. The quantitative estimate of drug-likeness (QED) is 0.808. The molecule has 0 saturated carbocycles. The first-order chi connectivity index (χ1) is 10.6. The van der Waals surface area contributed by atoms with Crippen molar-refractivity contribution in [2.24, 2.45) is 0 Å². The lowest BCUT2D eigenvalue weighted by Gasteiger charge is -2.24. The summed E-state index contributed by atoms with van der Waals surface area (Å²) in [4.78, 5) is 16.0. The van der Waals surface area contributed by atoms with Crippen LogP contribution in [0.3, 0.4) is 0 Å². The van der Waals surface area contributed by atoms with Crippen molar-refractivity contribution in [1.82, 2.24) is 4.98 Å². The van der Waals surface area contributed by atoms with Gasteiger partial charge in [0.15, 0.2) is 0 Å². The first-order valence-electron chi connectivity index (χ1n) is 6.67. The van der Waals surface area contributed by atoms with E-state index in [1.165, 1.54) is 23.7 Å². The Labute approximate surface area is 128 Å². The fraction of sp³-hybridized carbons (Fsp3) is 0.200. The number of hydrogen-bond donors (Lipinski definition) is 0. The number of carbonyl (C=O) groups is 1. The summed E-state index contributed by atoms with van der Waals surface area (Å²) in [6.45, 7) is 0. The molecule has 114 valence electrons. The lowest BCUT2D eigenvalue weighted by Crippen LogP contribution is -2.29. The van der Waals surface area contributed by atoms with E-state index in [2.05, 4.69) is 4.98 Å². The van der Waals surface area contributed by atoms with Crippen LogP contribution in [0.25, 0.3) is 0 Å². The van der Waals surface area contributed by atoms with Crippen molar-refractivity contribution >= 4 is 21.7 Å². The fourth-order valence-electron chi connectivity index (χ4n) is 2.57. The zero-order chi connectivity index (χ0) is 15.7. The van der Waals surface area contributed by atoms with E-state index in [4.69, 9.17) is 4.74 Å². The van der Waals surface area contributed by atoms with Crippen molar-refractivity contribution in [2.45, 2.75) is 17.4 Å². The highest BCUT2D eigenvalue weighted by atomic mass is 32.2. The summed E-state index contributed by atoms with van der Waals surface area (Å²) in [5.41, 5.74) is 0.867. The Morgan fingerprint density at radius 3 is 2.64 bits per heavy atom. The zero-order valence-electron chi connectivity index (χ0n) is 11.8. The Bertz CT molecular complexity index is 805. The molecule has 1 unspecified atom stereocenters. The molecule has 0 amide bonds. The van der Waals surface area contributed by atoms with E-state index in [1.54, 1.807) is 36.4 Å². The monoisotopic (exact) mass is 318 g/mol. The third-order valence-electron chi connectivity index (χ3n) is 3.53. The minimum atomic E-state index is -3.74. The van der Waals surface area contributed by atoms with Gasteiger partial charge in [-0.3, -0.25) is 14.1 Å². The van der Waals surface area contributed by atoms with Gasteiger partial charge >= 0.3 is 5.97 Å². The van der Waals surface area contributed by atoms with Gasteiger partial charge in [-0.1, -0.05) is 18.2 Å². The maximum atomic E-state index is 12.8. The third kappa shape index (κ3) is 2.23. The Kier molecular flexibility index (Phi) is 3.58. The average molecular weight is 318 g/mol. The van der Waals surface area contributed by atoms with E-state index in [9.17, 15) is 13.2 Å². The van der Waals surface area contributed by atoms with Gasteiger partial charge in [-0.2, -0.15) is 0 Å². The number of carbonyl (C=O) groups excluding carboxylic acids is 1. The largest absolute Gasteiger partial charge is 0.469 e. The van der Waals surface area contributed by atoms with Gasteiger partial charge in [0.05, 0.1) is 31.0 Å². The molecule has 3 rings (SSSR count). The number of rotatable bonds is 3. The molecule has 0 bridgehead atoms. The second kappa shape index (κ2) is 5.42. The van der Waals surface area contributed by atoms with Crippen molar-refractivity contribution < 1.29 is 17.9 Å². The number of sulfonamides is 1. The van der Waals surface area contributed by atoms with Gasteiger partial charge < -0.3 is 4.74 Å². The molecule has 7 heteroatoms. The highest BCUT2D eigenvalue weighted by Gasteiger charge is 2.44. The number of pyridine rings is 1. The Morgan fingerprint density at radius 2 is 1.95 bits per heavy atom. The van der Waals surface area contributed by atoms with Crippen molar-refractivity contribution in [3.63, 3.8) is 0 Å². The standard InChI is InChI=1S/C15H14N2O4S/c1-21-14(18)10-12-15-13(8-5-9-16-15)22(19,20)17(12)11-6-3-2-4-7-11/h2-9,12H,10H2,1H3. The Balaban J connectivity index is 2.16. The molecule has 1 atom stereocenters. The molecular formula is C15H14N2O4S. The van der Waals surface area contributed by atoms with Crippen molar-refractivity contribution in [1.29, 1.82) is 0 Å². The third-order valence-corrected chi connectivity index (χ3v) is 5.42. The van der Waals surface area contributed by atoms with E-state index in [0.29, 0.717) is 11.4 Å². The number of aromatic nitrogens is 1. The van der Waals surface area contributed by atoms with E-state index >= 15 is 0 Å². The highest BCUT2D eigenvalue weighted by molar-refractivity contribution is 7.93. The number of anilines is 1. The molecule has 0 fully saturated rings. The van der Waals surface area contributed by atoms with Crippen LogP contribution in [0.5, 0.6) is 0 Å². The molecule has 0 N–H and O–H groups in total. The highest BCUT2D eigenvalue weighted by Crippen LogP contribution is 2.43. The number of methoxy groups -OCH3 is 1. The number of benzene rings is 1. The van der Waals surface area contributed by atoms with Crippen LogP contribution < -0.4 is 4.31 Å². The topological polar surface area (TPSA) is 76.6 Å². The number of esters is 1. The lowest BCUT2D eigenvalue weighted by molar-refractivity contribution is -0.141. The van der Waals surface area contributed by atoms with Crippen LogP contribution in [0.4, 0.5) is 5.69 Å². The predicted molar refractivity (Wildman–Crippen MR) is 79.7 cm³/mol. The predicted octanol–water partition coefficient (Wildman–Crippen LogP) is 1.89. The van der Waals surface area contributed by atoms with Crippen LogP contribution in [0.1, 0.15) is 18.2 Å². The van der Waals surface area contributed by atoms with Gasteiger partial charge in [-0.15, -0.1) is 0 Å². The van der Waals surface area contributed by atoms with Crippen LogP contribution >= 0.6 is 0 Å².